The summed E-state index contributed by atoms with van der Waals surface area (Å²) in [4.78, 5) is 55.8. The van der Waals surface area contributed by atoms with Gasteiger partial charge in [0.1, 0.15) is 34.9 Å². The van der Waals surface area contributed by atoms with Crippen molar-refractivity contribution in [3.05, 3.63) is 191 Å². The Hall–Kier alpha value is -7.68. The zero-order chi connectivity index (χ0) is 41.7. The molecule has 4 N–H and O–H groups in total. The molecule has 2 saturated heterocycles. The number of aromatic nitrogens is 2. The number of methoxy groups -OCH3 is 1. The van der Waals surface area contributed by atoms with E-state index in [4.69, 9.17) is 9.47 Å². The van der Waals surface area contributed by atoms with Crippen molar-refractivity contribution in [2.24, 2.45) is 5.92 Å². The molecule has 1 spiro atoms. The number of aromatic hydroxyl groups is 1. The molecule has 6 aromatic carbocycles. The summed E-state index contributed by atoms with van der Waals surface area (Å²) in [5.41, 5.74) is 4.42. The summed E-state index contributed by atoms with van der Waals surface area (Å²) < 4.78 is 11.8. The van der Waals surface area contributed by atoms with Crippen LogP contribution in [0.25, 0.3) is 11.0 Å². The van der Waals surface area contributed by atoms with Crippen molar-refractivity contribution in [2.75, 3.05) is 12.4 Å². The molecule has 1 aromatic heterocycles. The largest absolute Gasteiger partial charge is 0.508 e. The molecule has 3 aliphatic rings. The highest BCUT2D eigenvalue weighted by atomic mass is 16.6. The van der Waals surface area contributed by atoms with Gasteiger partial charge in [-0.2, -0.15) is 0 Å². The highest BCUT2D eigenvalue weighted by Gasteiger charge is 2.74. The summed E-state index contributed by atoms with van der Waals surface area (Å²) in [5, 5.41) is 16.8. The van der Waals surface area contributed by atoms with Crippen LogP contribution in [0.5, 0.6) is 11.5 Å². The van der Waals surface area contributed by atoms with Gasteiger partial charge in [-0.15, -0.1) is 0 Å². The number of H-pyrrole nitrogens is 1. The molecule has 11 nitrogen and oxygen atoms in total. The third-order valence-electron chi connectivity index (χ3n) is 12.1. The van der Waals surface area contributed by atoms with E-state index in [1.54, 1.807) is 37.4 Å². The molecule has 3 aliphatic heterocycles. The van der Waals surface area contributed by atoms with E-state index in [1.165, 1.54) is 0 Å². The van der Waals surface area contributed by atoms with Crippen molar-refractivity contribution in [3.63, 3.8) is 0 Å². The predicted molar refractivity (Wildman–Crippen MR) is 228 cm³/mol. The first-order chi connectivity index (χ1) is 29.8. The first-order valence-corrected chi connectivity index (χ1v) is 20.0. The van der Waals surface area contributed by atoms with Crippen LogP contribution in [-0.2, 0) is 31.1 Å². The summed E-state index contributed by atoms with van der Waals surface area (Å²) in [6.07, 6.45) is -0.813. The number of amides is 2. The van der Waals surface area contributed by atoms with E-state index < -0.39 is 53.3 Å². The van der Waals surface area contributed by atoms with E-state index in [2.05, 4.69) is 32.4 Å². The number of benzene rings is 6. The molecule has 11 heteroatoms. The van der Waals surface area contributed by atoms with Crippen molar-refractivity contribution >= 4 is 34.5 Å². The molecule has 4 heterocycles. The van der Waals surface area contributed by atoms with Gasteiger partial charge in [-0.1, -0.05) is 96.8 Å². The van der Waals surface area contributed by atoms with Crippen LogP contribution in [0.4, 0.5) is 5.69 Å². The number of hydrogen-bond donors (Lipinski definition) is 4. The third-order valence-corrected chi connectivity index (χ3v) is 12.1. The number of esters is 1. The van der Waals surface area contributed by atoms with E-state index in [1.807, 2.05) is 126 Å². The molecular weight excluding hydrogens is 767 g/mol. The fourth-order valence-electron chi connectivity index (χ4n) is 9.52. The molecule has 2 fully saturated rings. The average molecular weight is 806 g/mol. The fraction of sp³-hybridized carbons (Fsp3) is 0.160. The number of morpholine rings is 1. The average Bonchev–Trinajstić information content (AvgIpc) is 3.96. The van der Waals surface area contributed by atoms with Crippen LogP contribution in [0.15, 0.2) is 152 Å². The van der Waals surface area contributed by atoms with Crippen LogP contribution in [0.3, 0.4) is 0 Å². The zero-order valence-corrected chi connectivity index (χ0v) is 32.9. The smallest absolute Gasteiger partial charge is 0.324 e. The molecule has 2 amide bonds. The first-order valence-electron chi connectivity index (χ1n) is 20.0. The minimum atomic E-state index is -1.72. The van der Waals surface area contributed by atoms with Gasteiger partial charge in [-0.05, 0) is 89.0 Å². The minimum absolute atomic E-state index is 0.00233. The lowest BCUT2D eigenvalue weighted by Crippen LogP contribution is -2.54. The van der Waals surface area contributed by atoms with Gasteiger partial charge < -0.3 is 30.2 Å². The Labute approximate surface area is 351 Å². The van der Waals surface area contributed by atoms with Crippen molar-refractivity contribution in [1.29, 1.82) is 0 Å². The lowest BCUT2D eigenvalue weighted by Gasteiger charge is -2.46. The number of nitrogens with one attached hydrogen (secondary N) is 3. The van der Waals surface area contributed by atoms with Gasteiger partial charge in [0.25, 0.3) is 0 Å². The molecule has 0 saturated carbocycles. The molecule has 6 atom stereocenters. The monoisotopic (exact) mass is 805 g/mol. The van der Waals surface area contributed by atoms with Crippen molar-refractivity contribution in [1.82, 2.24) is 20.2 Å². The van der Waals surface area contributed by atoms with Crippen molar-refractivity contribution < 1.29 is 29.0 Å². The lowest BCUT2D eigenvalue weighted by molar-refractivity contribution is -0.178. The molecule has 7 aromatic rings. The van der Waals surface area contributed by atoms with Gasteiger partial charge >= 0.3 is 5.97 Å². The van der Waals surface area contributed by atoms with E-state index in [9.17, 15) is 5.11 Å². The summed E-state index contributed by atoms with van der Waals surface area (Å²) in [6, 6.07) is 43.5. The number of fused-ring (bicyclic) bond motifs is 4. The van der Waals surface area contributed by atoms with Crippen LogP contribution in [0.2, 0.25) is 0 Å². The standard InChI is InChI=1S/C50H39N5O6/c1-60-36-25-18-30(19-26-36)16-17-31-20-27-38-37(28-31)50(49(59)54-38)42(47(57)51-29-41-52-39-14-8-9-15-40(39)53-41)44-48(58)61-45(33-12-6-3-7-13-33)43(32-10-4-2-5-11-32)55(44)46(50)34-21-23-35(56)24-22-34/h2-15,18-28,42-46,56H,29H2,1H3,(H,51,57)(H,52,53)(H,54,59)/t42-,43-,44-,45+,46+,50-/m0/s1. The maximum absolute atomic E-state index is 15.4. The topological polar surface area (TPSA) is 146 Å². The van der Waals surface area contributed by atoms with Gasteiger partial charge in [0.2, 0.25) is 11.8 Å². The molecule has 61 heavy (non-hydrogen) atoms. The third kappa shape index (κ3) is 6.36. The number of carbonyl (C=O) groups excluding carboxylic acids is 3. The number of phenols is 1. The second kappa shape index (κ2) is 15.2. The number of cyclic esters (lactones) is 1. The molecule has 0 unspecified atom stereocenters. The number of phenolic OH excluding ortho intramolecular Hbond substituents is 1. The Morgan fingerprint density at radius 2 is 1.48 bits per heavy atom. The van der Waals surface area contributed by atoms with Crippen LogP contribution < -0.4 is 15.4 Å². The molecule has 0 bridgehead atoms. The summed E-state index contributed by atoms with van der Waals surface area (Å²) in [5.74, 6) is 4.80. The van der Waals surface area contributed by atoms with E-state index in [0.29, 0.717) is 34.0 Å². The number of imidazole rings is 1. The Bertz CT molecular complexity index is 2840. The lowest BCUT2D eigenvalue weighted by atomic mass is 9.65. The van der Waals surface area contributed by atoms with Crippen LogP contribution in [-0.4, -0.2) is 50.9 Å². The highest BCUT2D eigenvalue weighted by molar-refractivity contribution is 6.12. The van der Waals surface area contributed by atoms with Gasteiger partial charge in [0, 0.05) is 16.8 Å². The maximum atomic E-state index is 15.4. The van der Waals surface area contributed by atoms with Gasteiger partial charge in [0.05, 0.1) is 42.7 Å². The molecule has 0 radical (unpaired) electrons. The Morgan fingerprint density at radius 1 is 0.803 bits per heavy atom. The highest BCUT2D eigenvalue weighted by Crippen LogP contribution is 2.64. The van der Waals surface area contributed by atoms with Gasteiger partial charge in [-0.25, -0.2) is 4.98 Å². The van der Waals surface area contributed by atoms with Crippen molar-refractivity contribution in [2.45, 2.75) is 36.2 Å². The number of anilines is 1. The Kier molecular flexibility index (Phi) is 9.34. The molecular formula is C50H39N5O6. The van der Waals surface area contributed by atoms with Crippen LogP contribution >= 0.6 is 0 Å². The number of para-hydroxylation sites is 2. The Balaban J connectivity index is 1.19. The second-order valence-electron chi connectivity index (χ2n) is 15.5. The number of ether oxygens (including phenoxy) is 2. The zero-order valence-electron chi connectivity index (χ0n) is 32.9. The summed E-state index contributed by atoms with van der Waals surface area (Å²) in [7, 11) is 1.60. The number of rotatable bonds is 7. The van der Waals surface area contributed by atoms with E-state index in [0.717, 1.165) is 27.7 Å². The minimum Gasteiger partial charge on any atom is -0.508 e. The molecule has 0 aliphatic carbocycles. The van der Waals surface area contributed by atoms with Gasteiger partial charge in [0.15, 0.2) is 0 Å². The second-order valence-corrected chi connectivity index (χ2v) is 15.5. The molecule has 300 valence electrons. The van der Waals surface area contributed by atoms with E-state index >= 15 is 14.4 Å². The fourth-order valence-corrected chi connectivity index (χ4v) is 9.52. The SMILES string of the molecule is COc1ccc(C#Cc2ccc3c(c2)[C@]2(C(=O)N3)[C@H](C(=O)NCc3nc4ccccc4[nH]3)[C@H]3C(=O)O[C@H](c4ccccc4)[C@H](c4ccccc4)N3[C@@H]2c2ccc(O)cc2)cc1. The normalized spacial score (nSPS) is 22.7. The number of nitrogens with zero attached hydrogens (tertiary/aromatic N) is 2. The quantitative estimate of drug-likeness (QED) is 0.0973. The van der Waals surface area contributed by atoms with Gasteiger partial charge in [-0.3, -0.25) is 19.3 Å². The number of aromatic amines is 1. The predicted octanol–water partition coefficient (Wildman–Crippen LogP) is 7.26. The van der Waals surface area contributed by atoms with Crippen LogP contribution in [0.1, 0.15) is 57.4 Å². The number of carbonyl (C=O) groups is 3. The Morgan fingerprint density at radius 3 is 2.20 bits per heavy atom. The van der Waals surface area contributed by atoms with E-state index in [-0.39, 0.29) is 12.3 Å². The van der Waals surface area contributed by atoms with Crippen molar-refractivity contribution in [3.8, 4) is 23.3 Å². The summed E-state index contributed by atoms with van der Waals surface area (Å²) >= 11 is 0. The van der Waals surface area contributed by atoms with Crippen LogP contribution in [0, 0.1) is 17.8 Å². The summed E-state index contributed by atoms with van der Waals surface area (Å²) in [6.45, 7) is 0.00233. The maximum Gasteiger partial charge on any atom is 0.324 e. The molecule has 10 rings (SSSR count). The number of hydrogen-bond acceptors (Lipinski definition) is 8. The first kappa shape index (κ1) is 37.6.